The molecule has 2 heterocycles. The first-order valence-corrected chi connectivity index (χ1v) is 10.6. The van der Waals surface area contributed by atoms with E-state index < -0.39 is 10.0 Å². The second-order valence-corrected chi connectivity index (χ2v) is 8.76. The van der Waals surface area contributed by atoms with Gasteiger partial charge in [0.15, 0.2) is 0 Å². The molecule has 3 rings (SSSR count). The van der Waals surface area contributed by atoms with E-state index in [1.54, 1.807) is 22.6 Å². The highest BCUT2D eigenvalue weighted by atomic mass is 32.2. The zero-order chi connectivity index (χ0) is 18.7. The van der Waals surface area contributed by atoms with Crippen molar-refractivity contribution in [2.45, 2.75) is 44.0 Å². The number of rotatable bonds is 5. The van der Waals surface area contributed by atoms with Gasteiger partial charge in [0.05, 0.1) is 10.9 Å². The molecule has 5 nitrogen and oxygen atoms in total. The van der Waals surface area contributed by atoms with Crippen molar-refractivity contribution in [2.24, 2.45) is 0 Å². The van der Waals surface area contributed by atoms with E-state index in [1.165, 1.54) is 0 Å². The number of sulfonamides is 1. The molecule has 140 valence electrons. The quantitative estimate of drug-likeness (QED) is 0.801. The number of aromatic nitrogens is 1. The smallest absolute Gasteiger partial charge is 0.243 e. The van der Waals surface area contributed by atoms with Crippen molar-refractivity contribution in [1.29, 1.82) is 0 Å². The van der Waals surface area contributed by atoms with E-state index in [4.69, 9.17) is 0 Å². The lowest BCUT2D eigenvalue weighted by atomic mass is 9.97. The number of anilines is 1. The molecule has 1 aromatic carbocycles. The van der Waals surface area contributed by atoms with Crippen LogP contribution in [0.3, 0.4) is 0 Å². The van der Waals surface area contributed by atoms with Gasteiger partial charge in [0, 0.05) is 31.9 Å². The summed E-state index contributed by atoms with van der Waals surface area (Å²) in [6, 6.07) is 10.9. The lowest BCUT2D eigenvalue weighted by molar-refractivity contribution is 0.256. The highest BCUT2D eigenvalue weighted by Gasteiger charge is 2.36. The van der Waals surface area contributed by atoms with Crippen molar-refractivity contribution >= 4 is 15.8 Å². The van der Waals surface area contributed by atoms with Gasteiger partial charge in [-0.2, -0.15) is 4.31 Å². The van der Waals surface area contributed by atoms with E-state index in [0.717, 1.165) is 42.8 Å². The molecule has 1 aliphatic rings. The van der Waals surface area contributed by atoms with Crippen LogP contribution in [0.25, 0.3) is 0 Å². The first-order chi connectivity index (χ1) is 12.4. The van der Waals surface area contributed by atoms with E-state index in [2.05, 4.69) is 16.8 Å². The molecule has 0 bridgehead atoms. The van der Waals surface area contributed by atoms with E-state index in [0.29, 0.717) is 11.4 Å². The second kappa shape index (κ2) is 7.76. The van der Waals surface area contributed by atoms with Gasteiger partial charge in [-0.05, 0) is 44.9 Å². The van der Waals surface area contributed by atoms with E-state index in [1.807, 2.05) is 38.2 Å². The Morgan fingerprint density at radius 3 is 2.62 bits per heavy atom. The molecule has 0 amide bonds. The molecular formula is C20H27N3O2S. The third-order valence-electron chi connectivity index (χ3n) is 5.09. The van der Waals surface area contributed by atoms with Crippen LogP contribution in [0, 0.1) is 6.92 Å². The fourth-order valence-corrected chi connectivity index (χ4v) is 5.16. The average molecular weight is 374 g/mol. The van der Waals surface area contributed by atoms with Crippen molar-refractivity contribution in [1.82, 2.24) is 9.29 Å². The Labute approximate surface area is 156 Å². The zero-order valence-electron chi connectivity index (χ0n) is 15.7. The Morgan fingerprint density at radius 2 is 1.92 bits per heavy atom. The molecule has 1 fully saturated rings. The molecule has 2 aromatic rings. The van der Waals surface area contributed by atoms with Crippen LogP contribution in [-0.2, 0) is 10.0 Å². The normalized spacial score (nSPS) is 18.7. The van der Waals surface area contributed by atoms with Crippen LogP contribution in [0.15, 0.2) is 47.5 Å². The van der Waals surface area contributed by atoms with Gasteiger partial charge >= 0.3 is 0 Å². The minimum Gasteiger partial charge on any atom is -0.360 e. The summed E-state index contributed by atoms with van der Waals surface area (Å²) in [4.78, 5) is 6.97. The topological polar surface area (TPSA) is 53.5 Å². The Kier molecular flexibility index (Phi) is 5.63. The minimum atomic E-state index is -3.54. The Morgan fingerprint density at radius 1 is 1.19 bits per heavy atom. The third kappa shape index (κ3) is 3.62. The highest BCUT2D eigenvalue weighted by molar-refractivity contribution is 7.89. The summed E-state index contributed by atoms with van der Waals surface area (Å²) in [5.41, 5.74) is 2.05. The van der Waals surface area contributed by atoms with Crippen LogP contribution in [0.2, 0.25) is 0 Å². The summed E-state index contributed by atoms with van der Waals surface area (Å²) in [7, 11) is -1.54. The molecule has 0 radical (unpaired) electrons. The summed E-state index contributed by atoms with van der Waals surface area (Å²) in [6.07, 6.45) is 4.50. The van der Waals surface area contributed by atoms with Gasteiger partial charge in [-0.25, -0.2) is 13.4 Å². The van der Waals surface area contributed by atoms with Gasteiger partial charge in [0.1, 0.15) is 5.82 Å². The first-order valence-electron chi connectivity index (χ1n) is 9.19. The summed E-state index contributed by atoms with van der Waals surface area (Å²) in [5.74, 6) is 0.867. The fourth-order valence-electron chi connectivity index (χ4n) is 3.49. The standard InChI is InChI=1S/C20H27N3O2S/c1-4-22(3)20-18(8-7-14-21-20)19-9-5-6-15-23(19)26(24,25)17-12-10-16(2)11-13-17/h7-8,10-14,19H,4-6,9,15H2,1-3H3/t19-/m1/s1. The maximum Gasteiger partial charge on any atom is 0.243 e. The molecule has 0 N–H and O–H groups in total. The van der Waals surface area contributed by atoms with Gasteiger partial charge in [-0.15, -0.1) is 0 Å². The minimum absolute atomic E-state index is 0.173. The number of pyridine rings is 1. The molecule has 1 atom stereocenters. The fraction of sp³-hybridized carbons (Fsp3) is 0.450. The monoisotopic (exact) mass is 373 g/mol. The van der Waals surface area contributed by atoms with E-state index in [-0.39, 0.29) is 6.04 Å². The van der Waals surface area contributed by atoms with Gasteiger partial charge in [-0.3, -0.25) is 0 Å². The second-order valence-electron chi connectivity index (χ2n) is 6.87. The van der Waals surface area contributed by atoms with Crippen LogP contribution in [-0.4, -0.2) is 37.8 Å². The van der Waals surface area contributed by atoms with Gasteiger partial charge in [-0.1, -0.05) is 30.2 Å². The molecular weight excluding hydrogens is 346 g/mol. The molecule has 26 heavy (non-hydrogen) atoms. The Hall–Kier alpha value is -1.92. The van der Waals surface area contributed by atoms with Crippen LogP contribution in [0.5, 0.6) is 0 Å². The average Bonchev–Trinajstić information content (AvgIpc) is 2.67. The van der Waals surface area contributed by atoms with Crippen LogP contribution >= 0.6 is 0 Å². The molecule has 0 spiro atoms. The van der Waals surface area contributed by atoms with Crippen LogP contribution < -0.4 is 4.90 Å². The molecule has 0 aliphatic carbocycles. The maximum absolute atomic E-state index is 13.3. The van der Waals surface area contributed by atoms with Crippen molar-refractivity contribution < 1.29 is 8.42 Å². The van der Waals surface area contributed by atoms with Gasteiger partial charge < -0.3 is 4.90 Å². The van der Waals surface area contributed by atoms with Crippen molar-refractivity contribution in [3.8, 4) is 0 Å². The SMILES string of the molecule is CCN(C)c1ncccc1[C@H]1CCCCN1S(=O)(=O)c1ccc(C)cc1. The summed E-state index contributed by atoms with van der Waals surface area (Å²) >= 11 is 0. The maximum atomic E-state index is 13.3. The zero-order valence-corrected chi connectivity index (χ0v) is 16.5. The predicted molar refractivity (Wildman–Crippen MR) is 105 cm³/mol. The van der Waals surface area contributed by atoms with E-state index in [9.17, 15) is 8.42 Å². The molecule has 6 heteroatoms. The van der Waals surface area contributed by atoms with Crippen molar-refractivity contribution in [3.05, 3.63) is 53.7 Å². The number of piperidine rings is 1. The molecule has 0 saturated carbocycles. The van der Waals surface area contributed by atoms with Crippen LogP contribution in [0.4, 0.5) is 5.82 Å². The first kappa shape index (κ1) is 18.9. The largest absolute Gasteiger partial charge is 0.360 e. The predicted octanol–water partition coefficient (Wildman–Crippen LogP) is 3.76. The third-order valence-corrected chi connectivity index (χ3v) is 7.02. The number of benzene rings is 1. The van der Waals surface area contributed by atoms with E-state index >= 15 is 0 Å². The summed E-state index contributed by atoms with van der Waals surface area (Å²) in [6.45, 7) is 5.40. The molecule has 0 unspecified atom stereocenters. The molecule has 1 saturated heterocycles. The lowest BCUT2D eigenvalue weighted by Crippen LogP contribution is -2.39. The van der Waals surface area contributed by atoms with Crippen LogP contribution in [0.1, 0.15) is 43.4 Å². The Bertz CT molecular complexity index is 850. The van der Waals surface area contributed by atoms with Gasteiger partial charge in [0.2, 0.25) is 10.0 Å². The lowest BCUT2D eigenvalue weighted by Gasteiger charge is -2.36. The number of hydrogen-bond donors (Lipinski definition) is 0. The summed E-state index contributed by atoms with van der Waals surface area (Å²) in [5, 5.41) is 0. The number of nitrogens with zero attached hydrogens (tertiary/aromatic N) is 3. The highest BCUT2D eigenvalue weighted by Crippen LogP contribution is 2.38. The Balaban J connectivity index is 2.03. The number of aryl methyl sites for hydroxylation is 1. The molecule has 1 aromatic heterocycles. The van der Waals surface area contributed by atoms with Crippen molar-refractivity contribution in [2.75, 3.05) is 25.0 Å². The van der Waals surface area contributed by atoms with Crippen molar-refractivity contribution in [3.63, 3.8) is 0 Å². The van der Waals surface area contributed by atoms with Gasteiger partial charge in [0.25, 0.3) is 0 Å². The number of hydrogen-bond acceptors (Lipinski definition) is 4. The summed E-state index contributed by atoms with van der Waals surface area (Å²) < 4.78 is 28.3. The molecule has 1 aliphatic heterocycles.